The maximum absolute atomic E-state index is 10.7. The summed E-state index contributed by atoms with van der Waals surface area (Å²) in [4.78, 5) is 15.5. The number of aromatic nitrogens is 3. The van der Waals surface area contributed by atoms with Crippen LogP contribution in [0.4, 0.5) is 5.69 Å². The van der Waals surface area contributed by atoms with Crippen molar-refractivity contribution in [3.63, 3.8) is 0 Å². The number of hydrogen-bond acceptors (Lipinski definition) is 5. The number of hydrogen-bond donors (Lipinski definition) is 0. The molecule has 0 spiro atoms. The fraction of sp³-hybridized carbons (Fsp3) is 0.0909. The molecular weight excluding hydrogens is 252 g/mol. The lowest BCUT2D eigenvalue weighted by Crippen LogP contribution is -1.88. The zero-order valence-electron chi connectivity index (χ0n) is 9.40. The van der Waals surface area contributed by atoms with Crippen LogP contribution in [-0.4, -0.2) is 19.5 Å². The van der Waals surface area contributed by atoms with Gasteiger partial charge in [0, 0.05) is 17.7 Å². The molecule has 2 aromatic heterocycles. The minimum Gasteiger partial charge on any atom is -0.258 e. The Morgan fingerprint density at radius 1 is 1.44 bits per heavy atom. The van der Waals surface area contributed by atoms with Crippen LogP contribution in [0, 0.1) is 17.0 Å². The number of imidazole rings is 1. The molecule has 3 rings (SSSR count). The van der Waals surface area contributed by atoms with E-state index in [1.807, 2.05) is 6.92 Å². The highest BCUT2D eigenvalue weighted by Crippen LogP contribution is 2.24. The van der Waals surface area contributed by atoms with Gasteiger partial charge in [0.05, 0.1) is 16.8 Å². The summed E-state index contributed by atoms with van der Waals surface area (Å²) >= 11 is 1.48. The molecule has 3 aromatic rings. The van der Waals surface area contributed by atoms with E-state index in [2.05, 4.69) is 10.1 Å². The monoisotopic (exact) mass is 260 g/mol. The van der Waals surface area contributed by atoms with E-state index in [0.29, 0.717) is 5.69 Å². The van der Waals surface area contributed by atoms with E-state index in [-0.39, 0.29) is 5.69 Å². The van der Waals surface area contributed by atoms with Crippen LogP contribution in [0.5, 0.6) is 0 Å². The van der Waals surface area contributed by atoms with Crippen molar-refractivity contribution < 1.29 is 4.92 Å². The second-order valence-electron chi connectivity index (χ2n) is 3.78. The summed E-state index contributed by atoms with van der Waals surface area (Å²) in [5, 5.41) is 15.9. The largest absolute Gasteiger partial charge is 0.270 e. The zero-order chi connectivity index (χ0) is 12.7. The first-order chi connectivity index (χ1) is 8.63. The molecule has 1 aromatic carbocycles. The Bertz CT molecular complexity index is 715. The molecule has 0 aliphatic rings. The van der Waals surface area contributed by atoms with Crippen LogP contribution in [-0.2, 0) is 0 Å². The van der Waals surface area contributed by atoms with E-state index in [1.54, 1.807) is 22.8 Å². The Labute approximate surface area is 106 Å². The zero-order valence-corrected chi connectivity index (χ0v) is 10.2. The SMILES string of the molecule is Cc1nn2cc(-c3cccc([N+](=O)[O-])c3)nc2s1. The molecule has 0 radical (unpaired) electrons. The summed E-state index contributed by atoms with van der Waals surface area (Å²) in [6, 6.07) is 6.43. The van der Waals surface area contributed by atoms with Gasteiger partial charge in [-0.1, -0.05) is 23.5 Å². The fourth-order valence-corrected chi connectivity index (χ4v) is 2.44. The van der Waals surface area contributed by atoms with Gasteiger partial charge in [-0.3, -0.25) is 10.1 Å². The van der Waals surface area contributed by atoms with Crippen molar-refractivity contribution in [2.75, 3.05) is 0 Å². The van der Waals surface area contributed by atoms with Crippen LogP contribution in [0.1, 0.15) is 5.01 Å². The van der Waals surface area contributed by atoms with E-state index in [4.69, 9.17) is 0 Å². The van der Waals surface area contributed by atoms with E-state index in [1.165, 1.54) is 23.5 Å². The lowest BCUT2D eigenvalue weighted by molar-refractivity contribution is -0.384. The topological polar surface area (TPSA) is 73.3 Å². The van der Waals surface area contributed by atoms with Gasteiger partial charge < -0.3 is 0 Å². The van der Waals surface area contributed by atoms with Crippen LogP contribution in [0.3, 0.4) is 0 Å². The smallest absolute Gasteiger partial charge is 0.258 e. The number of nitro groups is 1. The predicted octanol–water partition coefficient (Wildman–Crippen LogP) is 2.67. The maximum Gasteiger partial charge on any atom is 0.270 e. The van der Waals surface area contributed by atoms with Crippen LogP contribution in [0.15, 0.2) is 30.5 Å². The van der Waals surface area contributed by atoms with Gasteiger partial charge in [-0.15, -0.1) is 0 Å². The molecule has 0 bridgehead atoms. The van der Waals surface area contributed by atoms with Crippen LogP contribution in [0.2, 0.25) is 0 Å². The highest BCUT2D eigenvalue weighted by atomic mass is 32.1. The Morgan fingerprint density at radius 3 is 3.00 bits per heavy atom. The van der Waals surface area contributed by atoms with Crippen molar-refractivity contribution >= 4 is 22.0 Å². The number of nitrogens with zero attached hydrogens (tertiary/aromatic N) is 4. The van der Waals surface area contributed by atoms with Crippen molar-refractivity contribution in [1.29, 1.82) is 0 Å². The van der Waals surface area contributed by atoms with Crippen molar-refractivity contribution in [2.24, 2.45) is 0 Å². The van der Waals surface area contributed by atoms with E-state index in [0.717, 1.165) is 15.5 Å². The Morgan fingerprint density at radius 2 is 2.28 bits per heavy atom. The molecular formula is C11H8N4O2S. The van der Waals surface area contributed by atoms with E-state index >= 15 is 0 Å². The first kappa shape index (κ1) is 10.8. The highest BCUT2D eigenvalue weighted by molar-refractivity contribution is 7.16. The molecule has 0 fully saturated rings. The van der Waals surface area contributed by atoms with Crippen molar-refractivity contribution in [1.82, 2.24) is 14.6 Å². The van der Waals surface area contributed by atoms with Crippen LogP contribution >= 0.6 is 11.3 Å². The van der Waals surface area contributed by atoms with Gasteiger partial charge in [-0.25, -0.2) is 9.50 Å². The summed E-state index contributed by atoms with van der Waals surface area (Å²) in [6.45, 7) is 1.91. The molecule has 2 heterocycles. The van der Waals surface area contributed by atoms with E-state index in [9.17, 15) is 10.1 Å². The first-order valence-corrected chi connectivity index (χ1v) is 6.03. The van der Waals surface area contributed by atoms with Crippen molar-refractivity contribution in [3.05, 3.63) is 45.6 Å². The van der Waals surface area contributed by atoms with Gasteiger partial charge >= 0.3 is 0 Å². The van der Waals surface area contributed by atoms with Crippen molar-refractivity contribution in [3.8, 4) is 11.3 Å². The molecule has 0 amide bonds. The molecule has 90 valence electrons. The summed E-state index contributed by atoms with van der Waals surface area (Å²) in [5.41, 5.74) is 1.48. The lowest BCUT2D eigenvalue weighted by atomic mass is 10.1. The van der Waals surface area contributed by atoms with Crippen molar-refractivity contribution in [2.45, 2.75) is 6.92 Å². The number of rotatable bonds is 2. The summed E-state index contributed by atoms with van der Waals surface area (Å²) in [6.07, 6.45) is 1.78. The van der Waals surface area contributed by atoms with Gasteiger partial charge in [0.15, 0.2) is 0 Å². The standard InChI is InChI=1S/C11H8N4O2S/c1-7-13-14-6-10(12-11(14)18-7)8-3-2-4-9(5-8)15(16)17/h2-6H,1H3. The summed E-state index contributed by atoms with van der Waals surface area (Å²) < 4.78 is 1.69. The highest BCUT2D eigenvalue weighted by Gasteiger charge is 2.11. The van der Waals surface area contributed by atoms with E-state index < -0.39 is 4.92 Å². The second kappa shape index (κ2) is 3.88. The summed E-state index contributed by atoms with van der Waals surface area (Å²) in [7, 11) is 0. The normalized spacial score (nSPS) is 10.9. The molecule has 18 heavy (non-hydrogen) atoms. The van der Waals surface area contributed by atoms with Gasteiger partial charge in [0.2, 0.25) is 4.96 Å². The van der Waals surface area contributed by atoms with Gasteiger partial charge in [0.25, 0.3) is 5.69 Å². The molecule has 0 saturated heterocycles. The number of non-ortho nitro benzene ring substituents is 1. The number of benzene rings is 1. The quantitative estimate of drug-likeness (QED) is 0.524. The molecule has 0 N–H and O–H groups in total. The number of aryl methyl sites for hydroxylation is 1. The third-order valence-electron chi connectivity index (χ3n) is 2.50. The summed E-state index contributed by atoms with van der Waals surface area (Å²) in [5.74, 6) is 0. The molecule has 0 aliphatic heterocycles. The Balaban J connectivity index is 2.10. The lowest BCUT2D eigenvalue weighted by Gasteiger charge is -1.95. The van der Waals surface area contributed by atoms with Crippen LogP contribution in [0.25, 0.3) is 16.2 Å². The second-order valence-corrected chi connectivity index (χ2v) is 4.94. The fourth-order valence-electron chi connectivity index (χ4n) is 1.72. The predicted molar refractivity (Wildman–Crippen MR) is 67.7 cm³/mol. The average molecular weight is 260 g/mol. The van der Waals surface area contributed by atoms with Gasteiger partial charge in [-0.2, -0.15) is 5.10 Å². The molecule has 0 atom stereocenters. The molecule has 7 heteroatoms. The molecule has 0 aliphatic carbocycles. The van der Waals surface area contributed by atoms with Gasteiger partial charge in [0.1, 0.15) is 5.01 Å². The molecule has 6 nitrogen and oxygen atoms in total. The Kier molecular flexibility index (Phi) is 2.34. The number of fused-ring (bicyclic) bond motifs is 1. The minimum atomic E-state index is -0.412. The molecule has 0 saturated carbocycles. The average Bonchev–Trinajstić information content (AvgIpc) is 2.86. The maximum atomic E-state index is 10.7. The van der Waals surface area contributed by atoms with Crippen LogP contribution < -0.4 is 0 Å². The number of nitro benzene ring substituents is 1. The third kappa shape index (κ3) is 1.74. The first-order valence-electron chi connectivity index (χ1n) is 5.21. The minimum absolute atomic E-state index is 0.0630. The van der Waals surface area contributed by atoms with Gasteiger partial charge in [-0.05, 0) is 6.92 Å². The Hall–Kier alpha value is -2.28. The molecule has 0 unspecified atom stereocenters. The third-order valence-corrected chi connectivity index (χ3v) is 3.33.